The van der Waals surface area contributed by atoms with E-state index in [1.165, 1.54) is 18.4 Å². The second-order valence-corrected chi connectivity index (χ2v) is 8.27. The third-order valence-electron chi connectivity index (χ3n) is 6.26. The number of rotatable bonds is 5. The summed E-state index contributed by atoms with van der Waals surface area (Å²) in [6.07, 6.45) is 10.5. The minimum Gasteiger partial charge on any atom is -0.497 e. The van der Waals surface area contributed by atoms with Crippen LogP contribution in [0.3, 0.4) is 0 Å². The lowest BCUT2D eigenvalue weighted by molar-refractivity contribution is -0.124. The van der Waals surface area contributed by atoms with Gasteiger partial charge in [-0.2, -0.15) is 5.26 Å². The first kappa shape index (κ1) is 20.7. The number of nitriles is 1. The number of carbonyl (C=O) groups excluding carboxylic acids is 1. The monoisotopic (exact) mass is 383 g/mol. The Balaban J connectivity index is 1.69. The van der Waals surface area contributed by atoms with Crippen molar-refractivity contribution in [2.45, 2.75) is 75.8 Å². The fourth-order valence-corrected chi connectivity index (χ4v) is 4.65. The van der Waals surface area contributed by atoms with Crippen molar-refractivity contribution < 1.29 is 9.53 Å². The minimum atomic E-state index is -0.672. The van der Waals surface area contributed by atoms with Crippen molar-refractivity contribution in [1.29, 1.82) is 5.26 Å². The van der Waals surface area contributed by atoms with Gasteiger partial charge in [-0.05, 0) is 49.9 Å². The van der Waals surface area contributed by atoms with E-state index in [4.69, 9.17) is 4.74 Å². The number of carbonyl (C=O) groups is 1. The molecule has 1 saturated heterocycles. The number of hydrogen-bond donors (Lipinski definition) is 1. The van der Waals surface area contributed by atoms with Crippen molar-refractivity contribution in [3.05, 3.63) is 29.8 Å². The van der Waals surface area contributed by atoms with Crippen LogP contribution < -0.4 is 10.1 Å². The van der Waals surface area contributed by atoms with Crippen LogP contribution >= 0.6 is 0 Å². The van der Waals surface area contributed by atoms with Gasteiger partial charge in [-0.3, -0.25) is 9.69 Å². The molecular formula is C23H33N3O2. The molecule has 5 heteroatoms. The summed E-state index contributed by atoms with van der Waals surface area (Å²) in [6.45, 7) is 1.28. The molecule has 0 radical (unpaired) electrons. The summed E-state index contributed by atoms with van der Waals surface area (Å²) in [6, 6.07) is 10.9. The first-order chi connectivity index (χ1) is 13.7. The van der Waals surface area contributed by atoms with Crippen molar-refractivity contribution in [2.75, 3.05) is 20.2 Å². The second-order valence-electron chi connectivity index (χ2n) is 8.27. The van der Waals surface area contributed by atoms with Gasteiger partial charge in [-0.1, -0.05) is 50.7 Å². The van der Waals surface area contributed by atoms with Crippen LogP contribution in [0.15, 0.2) is 24.3 Å². The fraction of sp³-hybridized carbons (Fsp3) is 0.652. The first-order valence-corrected chi connectivity index (χ1v) is 10.8. The van der Waals surface area contributed by atoms with E-state index in [0.717, 1.165) is 63.7 Å². The highest BCUT2D eigenvalue weighted by Crippen LogP contribution is 2.31. The van der Waals surface area contributed by atoms with Gasteiger partial charge < -0.3 is 10.1 Å². The largest absolute Gasteiger partial charge is 0.497 e. The molecule has 1 N–H and O–H groups in total. The lowest BCUT2D eigenvalue weighted by Crippen LogP contribution is -2.50. The molecule has 5 nitrogen and oxygen atoms in total. The zero-order chi connectivity index (χ0) is 19.8. The Labute approximate surface area is 169 Å². The molecule has 1 aromatic rings. The van der Waals surface area contributed by atoms with Gasteiger partial charge in [0.2, 0.25) is 5.91 Å². The van der Waals surface area contributed by atoms with Crippen LogP contribution in [-0.2, 0) is 4.79 Å². The van der Waals surface area contributed by atoms with Crippen LogP contribution in [0.1, 0.15) is 75.8 Å². The molecule has 2 aliphatic rings. The molecule has 28 heavy (non-hydrogen) atoms. The Hall–Kier alpha value is -2.06. The Kier molecular flexibility index (Phi) is 7.33. The molecule has 152 valence electrons. The molecule has 1 aliphatic heterocycles. The van der Waals surface area contributed by atoms with Gasteiger partial charge in [0, 0.05) is 6.04 Å². The summed E-state index contributed by atoms with van der Waals surface area (Å²) in [5.74, 6) is 0.842. The summed E-state index contributed by atoms with van der Waals surface area (Å²) in [5, 5.41) is 12.9. The summed E-state index contributed by atoms with van der Waals surface area (Å²) in [7, 11) is 1.68. The highest BCUT2D eigenvalue weighted by molar-refractivity contribution is 5.79. The van der Waals surface area contributed by atoms with Crippen LogP contribution in [0.5, 0.6) is 5.75 Å². The molecule has 0 spiro atoms. The molecule has 0 bridgehead atoms. The lowest BCUT2D eigenvalue weighted by Gasteiger charge is -2.32. The number of ether oxygens (including phenoxy) is 1. The molecule has 1 unspecified atom stereocenters. The number of nitrogens with one attached hydrogen (secondary N) is 1. The van der Waals surface area contributed by atoms with E-state index in [1.54, 1.807) is 7.11 Å². The van der Waals surface area contributed by atoms with Crippen molar-refractivity contribution >= 4 is 5.91 Å². The number of likely N-dealkylation sites (tertiary alicyclic amines) is 1. The SMILES string of the molecule is COc1ccc(C2CCCCCN2CC(=O)NC2(C#N)CCCCCC2)cc1. The maximum Gasteiger partial charge on any atom is 0.235 e. The summed E-state index contributed by atoms with van der Waals surface area (Å²) >= 11 is 0. The van der Waals surface area contributed by atoms with E-state index >= 15 is 0 Å². The third kappa shape index (κ3) is 5.26. The van der Waals surface area contributed by atoms with Gasteiger partial charge in [0.15, 0.2) is 0 Å². The number of nitrogens with zero attached hydrogens (tertiary/aromatic N) is 2. The Morgan fingerprint density at radius 3 is 2.46 bits per heavy atom. The molecule has 1 aliphatic carbocycles. The highest BCUT2D eigenvalue weighted by atomic mass is 16.5. The van der Waals surface area contributed by atoms with Crippen LogP contribution in [0, 0.1) is 11.3 Å². The van der Waals surface area contributed by atoms with E-state index in [9.17, 15) is 10.1 Å². The van der Waals surface area contributed by atoms with Gasteiger partial charge in [-0.25, -0.2) is 0 Å². The van der Waals surface area contributed by atoms with E-state index in [1.807, 2.05) is 12.1 Å². The number of methoxy groups -OCH3 is 1. The molecule has 2 fully saturated rings. The maximum absolute atomic E-state index is 12.9. The molecule has 1 aromatic carbocycles. The van der Waals surface area contributed by atoms with Crippen molar-refractivity contribution in [3.63, 3.8) is 0 Å². The minimum absolute atomic E-state index is 0.0103. The van der Waals surface area contributed by atoms with Crippen LogP contribution in [0.4, 0.5) is 0 Å². The van der Waals surface area contributed by atoms with Crippen LogP contribution in [-0.4, -0.2) is 36.5 Å². The van der Waals surface area contributed by atoms with Gasteiger partial charge in [0.1, 0.15) is 11.3 Å². The highest BCUT2D eigenvalue weighted by Gasteiger charge is 2.33. The standard InChI is InChI=1S/C23H33N3O2/c1-28-20-12-10-19(11-13-20)21-9-5-4-8-16-26(21)17-22(27)25-23(18-24)14-6-2-3-7-15-23/h10-13,21H,2-9,14-17H2,1H3,(H,25,27). The summed E-state index contributed by atoms with van der Waals surface area (Å²) in [4.78, 5) is 15.2. The van der Waals surface area contributed by atoms with Gasteiger partial charge in [-0.15, -0.1) is 0 Å². The Bertz CT molecular complexity index is 672. The number of amides is 1. The average Bonchev–Trinajstić information content (AvgIpc) is 3.09. The van der Waals surface area contributed by atoms with Crippen molar-refractivity contribution in [2.24, 2.45) is 0 Å². The Morgan fingerprint density at radius 1 is 1.14 bits per heavy atom. The first-order valence-electron chi connectivity index (χ1n) is 10.8. The molecular weight excluding hydrogens is 350 g/mol. The van der Waals surface area contributed by atoms with E-state index in [-0.39, 0.29) is 11.9 Å². The zero-order valence-corrected chi connectivity index (χ0v) is 17.1. The van der Waals surface area contributed by atoms with E-state index < -0.39 is 5.54 Å². The fourth-order valence-electron chi connectivity index (χ4n) is 4.65. The number of hydrogen-bond acceptors (Lipinski definition) is 4. The predicted octanol–water partition coefficient (Wildman–Crippen LogP) is 4.35. The van der Waals surface area contributed by atoms with Crippen molar-refractivity contribution in [3.8, 4) is 11.8 Å². The molecule has 1 saturated carbocycles. The number of benzene rings is 1. The summed E-state index contributed by atoms with van der Waals surface area (Å²) < 4.78 is 5.28. The second kappa shape index (κ2) is 9.93. The quantitative estimate of drug-likeness (QED) is 0.768. The average molecular weight is 384 g/mol. The van der Waals surface area contributed by atoms with Gasteiger partial charge in [0.25, 0.3) is 0 Å². The zero-order valence-electron chi connectivity index (χ0n) is 17.1. The lowest BCUT2D eigenvalue weighted by atomic mass is 9.92. The van der Waals surface area contributed by atoms with E-state index in [0.29, 0.717) is 6.54 Å². The normalized spacial score (nSPS) is 23.1. The van der Waals surface area contributed by atoms with Gasteiger partial charge >= 0.3 is 0 Å². The molecule has 1 amide bonds. The topological polar surface area (TPSA) is 65.4 Å². The predicted molar refractivity (Wildman–Crippen MR) is 110 cm³/mol. The Morgan fingerprint density at radius 2 is 1.82 bits per heavy atom. The van der Waals surface area contributed by atoms with Crippen LogP contribution in [0.25, 0.3) is 0 Å². The van der Waals surface area contributed by atoms with Gasteiger partial charge in [0.05, 0.1) is 19.7 Å². The smallest absolute Gasteiger partial charge is 0.235 e. The maximum atomic E-state index is 12.9. The van der Waals surface area contributed by atoms with E-state index in [2.05, 4.69) is 28.4 Å². The molecule has 3 rings (SSSR count). The molecule has 1 atom stereocenters. The third-order valence-corrected chi connectivity index (χ3v) is 6.26. The summed E-state index contributed by atoms with van der Waals surface area (Å²) in [5.41, 5.74) is 0.564. The van der Waals surface area contributed by atoms with Crippen LogP contribution in [0.2, 0.25) is 0 Å². The molecule has 0 aromatic heterocycles. The molecule has 1 heterocycles. The van der Waals surface area contributed by atoms with Crippen molar-refractivity contribution in [1.82, 2.24) is 10.2 Å².